The van der Waals surface area contributed by atoms with Crippen LogP contribution < -0.4 is 10.6 Å². The number of hydrogen-bond acceptors (Lipinski definition) is 2. The Bertz CT molecular complexity index is 201. The molecule has 1 aliphatic heterocycles. The normalized spacial score (nSPS) is 22.2. The Morgan fingerprint density at radius 3 is 2.85 bits per heavy atom. The van der Waals surface area contributed by atoms with Crippen LogP contribution in [0.5, 0.6) is 0 Å². The third-order valence-corrected chi connectivity index (χ3v) is 2.06. The lowest BCUT2D eigenvalue weighted by Gasteiger charge is -2.23. The zero-order valence-electron chi connectivity index (χ0n) is 8.39. The van der Waals surface area contributed by atoms with E-state index in [-0.39, 0.29) is 5.91 Å². The molecule has 2 N–H and O–H groups in total. The molecule has 1 fully saturated rings. The fourth-order valence-corrected chi connectivity index (χ4v) is 1.48. The van der Waals surface area contributed by atoms with Crippen molar-refractivity contribution in [3.05, 3.63) is 11.6 Å². The summed E-state index contributed by atoms with van der Waals surface area (Å²) >= 11 is 0. The Morgan fingerprint density at radius 2 is 2.31 bits per heavy atom. The molecule has 1 saturated heterocycles. The lowest BCUT2D eigenvalue weighted by Crippen LogP contribution is -2.45. The summed E-state index contributed by atoms with van der Waals surface area (Å²) in [4.78, 5) is 11.3. The van der Waals surface area contributed by atoms with E-state index in [1.165, 1.54) is 0 Å². The second-order valence-electron chi connectivity index (χ2n) is 3.77. The molecule has 1 rings (SSSR count). The van der Waals surface area contributed by atoms with Crippen molar-refractivity contribution in [2.24, 2.45) is 0 Å². The number of hydrogen-bond donors (Lipinski definition) is 2. The van der Waals surface area contributed by atoms with Gasteiger partial charge < -0.3 is 10.6 Å². The second-order valence-corrected chi connectivity index (χ2v) is 3.77. The predicted molar refractivity (Wildman–Crippen MR) is 53.5 cm³/mol. The van der Waals surface area contributed by atoms with E-state index in [1.807, 2.05) is 13.8 Å². The van der Waals surface area contributed by atoms with Crippen molar-refractivity contribution in [3.63, 3.8) is 0 Å². The molecule has 0 aliphatic carbocycles. The van der Waals surface area contributed by atoms with Gasteiger partial charge in [0.1, 0.15) is 0 Å². The van der Waals surface area contributed by atoms with E-state index >= 15 is 0 Å². The van der Waals surface area contributed by atoms with Crippen molar-refractivity contribution >= 4 is 5.91 Å². The third kappa shape index (κ3) is 4.08. The molecule has 3 nitrogen and oxygen atoms in total. The Balaban J connectivity index is 2.30. The van der Waals surface area contributed by atoms with Gasteiger partial charge in [0, 0.05) is 18.7 Å². The largest absolute Gasteiger partial charge is 0.349 e. The number of piperidine rings is 1. The SMILES string of the molecule is CC(C)=CC(=O)NC1CCCNC1. The highest BCUT2D eigenvalue weighted by atomic mass is 16.1. The quantitative estimate of drug-likeness (QED) is 0.621. The van der Waals surface area contributed by atoms with Gasteiger partial charge >= 0.3 is 0 Å². The van der Waals surface area contributed by atoms with Crippen LogP contribution >= 0.6 is 0 Å². The smallest absolute Gasteiger partial charge is 0.244 e. The molecular formula is C10H18N2O. The predicted octanol–water partition coefficient (Wildman–Crippen LogP) is 0.821. The van der Waals surface area contributed by atoms with Gasteiger partial charge in [-0.25, -0.2) is 0 Å². The fraction of sp³-hybridized carbons (Fsp3) is 0.700. The van der Waals surface area contributed by atoms with Crippen LogP contribution in [-0.2, 0) is 4.79 Å². The van der Waals surface area contributed by atoms with Gasteiger partial charge in [-0.05, 0) is 33.2 Å². The second kappa shape index (κ2) is 5.02. The molecule has 13 heavy (non-hydrogen) atoms. The number of rotatable bonds is 2. The van der Waals surface area contributed by atoms with Gasteiger partial charge in [-0.1, -0.05) is 5.57 Å². The maximum Gasteiger partial charge on any atom is 0.244 e. The van der Waals surface area contributed by atoms with Crippen LogP contribution in [0.3, 0.4) is 0 Å². The minimum absolute atomic E-state index is 0.0358. The van der Waals surface area contributed by atoms with Gasteiger partial charge in [0.05, 0.1) is 0 Å². The minimum atomic E-state index is 0.0358. The summed E-state index contributed by atoms with van der Waals surface area (Å²) in [5.74, 6) is 0.0358. The van der Waals surface area contributed by atoms with Gasteiger partial charge in [-0.3, -0.25) is 4.79 Å². The van der Waals surface area contributed by atoms with E-state index in [4.69, 9.17) is 0 Å². The van der Waals surface area contributed by atoms with Crippen molar-refractivity contribution in [3.8, 4) is 0 Å². The van der Waals surface area contributed by atoms with Crippen LogP contribution in [0.1, 0.15) is 26.7 Å². The maximum atomic E-state index is 11.3. The highest BCUT2D eigenvalue weighted by molar-refractivity contribution is 5.88. The number of carbonyl (C=O) groups excluding carboxylic acids is 1. The molecule has 74 valence electrons. The summed E-state index contributed by atoms with van der Waals surface area (Å²) in [7, 11) is 0. The zero-order valence-corrected chi connectivity index (χ0v) is 8.39. The molecule has 0 saturated carbocycles. The van der Waals surface area contributed by atoms with E-state index < -0.39 is 0 Å². The molecule has 3 heteroatoms. The Kier molecular flexibility index (Phi) is 3.96. The van der Waals surface area contributed by atoms with Crippen molar-refractivity contribution in [1.29, 1.82) is 0 Å². The lowest BCUT2D eigenvalue weighted by molar-refractivity contribution is -0.117. The monoisotopic (exact) mass is 182 g/mol. The Morgan fingerprint density at radius 1 is 1.54 bits per heavy atom. The lowest BCUT2D eigenvalue weighted by atomic mass is 10.1. The summed E-state index contributed by atoms with van der Waals surface area (Å²) in [6.45, 7) is 5.84. The molecule has 0 bridgehead atoms. The first kappa shape index (κ1) is 10.3. The number of allylic oxidation sites excluding steroid dienone is 1. The van der Waals surface area contributed by atoms with E-state index in [0.29, 0.717) is 6.04 Å². The first-order chi connectivity index (χ1) is 6.18. The average molecular weight is 182 g/mol. The fourth-order valence-electron chi connectivity index (χ4n) is 1.48. The summed E-state index contributed by atoms with van der Waals surface area (Å²) < 4.78 is 0. The highest BCUT2D eigenvalue weighted by Gasteiger charge is 2.13. The summed E-state index contributed by atoms with van der Waals surface area (Å²) in [5, 5.41) is 6.23. The maximum absolute atomic E-state index is 11.3. The molecular weight excluding hydrogens is 164 g/mol. The van der Waals surface area contributed by atoms with Crippen LogP contribution in [-0.4, -0.2) is 25.0 Å². The van der Waals surface area contributed by atoms with Crippen LogP contribution in [0.15, 0.2) is 11.6 Å². The molecule has 1 aliphatic rings. The van der Waals surface area contributed by atoms with E-state index in [1.54, 1.807) is 6.08 Å². The number of amides is 1. The first-order valence-electron chi connectivity index (χ1n) is 4.84. The van der Waals surface area contributed by atoms with Gasteiger partial charge in [0.2, 0.25) is 5.91 Å². The van der Waals surface area contributed by atoms with Crippen LogP contribution in [0.2, 0.25) is 0 Å². The van der Waals surface area contributed by atoms with Crippen LogP contribution in [0.25, 0.3) is 0 Å². The summed E-state index contributed by atoms with van der Waals surface area (Å²) in [5.41, 5.74) is 1.04. The third-order valence-electron chi connectivity index (χ3n) is 2.06. The first-order valence-corrected chi connectivity index (χ1v) is 4.84. The van der Waals surface area contributed by atoms with Crippen LogP contribution in [0.4, 0.5) is 0 Å². The van der Waals surface area contributed by atoms with E-state index in [0.717, 1.165) is 31.5 Å². The van der Waals surface area contributed by atoms with E-state index in [2.05, 4.69) is 10.6 Å². The Labute approximate surface area is 79.6 Å². The van der Waals surface area contributed by atoms with Gasteiger partial charge in [-0.15, -0.1) is 0 Å². The van der Waals surface area contributed by atoms with Gasteiger partial charge in [0.25, 0.3) is 0 Å². The Hall–Kier alpha value is -0.830. The average Bonchev–Trinajstić information content (AvgIpc) is 2.04. The molecule has 0 aromatic carbocycles. The van der Waals surface area contributed by atoms with Crippen LogP contribution in [0, 0.1) is 0 Å². The minimum Gasteiger partial charge on any atom is -0.349 e. The van der Waals surface area contributed by atoms with Crippen molar-refractivity contribution in [1.82, 2.24) is 10.6 Å². The molecule has 0 aromatic rings. The van der Waals surface area contributed by atoms with Gasteiger partial charge in [-0.2, -0.15) is 0 Å². The highest BCUT2D eigenvalue weighted by Crippen LogP contribution is 2.01. The topological polar surface area (TPSA) is 41.1 Å². The molecule has 1 atom stereocenters. The summed E-state index contributed by atoms with van der Waals surface area (Å²) in [6.07, 6.45) is 3.89. The number of carbonyl (C=O) groups is 1. The molecule has 0 radical (unpaired) electrons. The standard InChI is InChI=1S/C10H18N2O/c1-8(2)6-10(13)12-9-4-3-5-11-7-9/h6,9,11H,3-5,7H2,1-2H3,(H,12,13). The molecule has 1 heterocycles. The molecule has 1 amide bonds. The number of nitrogens with one attached hydrogen (secondary N) is 2. The van der Waals surface area contributed by atoms with Gasteiger partial charge in [0.15, 0.2) is 0 Å². The van der Waals surface area contributed by atoms with Crippen molar-refractivity contribution < 1.29 is 4.79 Å². The van der Waals surface area contributed by atoms with E-state index in [9.17, 15) is 4.79 Å². The van der Waals surface area contributed by atoms with Crippen molar-refractivity contribution in [2.75, 3.05) is 13.1 Å². The summed E-state index contributed by atoms with van der Waals surface area (Å²) in [6, 6.07) is 0.317. The molecule has 1 unspecified atom stereocenters. The zero-order chi connectivity index (χ0) is 9.68. The molecule has 0 spiro atoms. The molecule has 0 aromatic heterocycles. The van der Waals surface area contributed by atoms with Crippen molar-refractivity contribution in [2.45, 2.75) is 32.7 Å².